The van der Waals surface area contributed by atoms with Crippen LogP contribution in [0.15, 0.2) is 18.2 Å². The van der Waals surface area contributed by atoms with Crippen LogP contribution in [0.4, 0.5) is 5.95 Å². The van der Waals surface area contributed by atoms with E-state index >= 15 is 0 Å². The SMILES string of the molecule is COc1cccc2c1nc(N)n2CCCCCCSC. The molecule has 2 N–H and O–H groups in total. The fourth-order valence-electron chi connectivity index (χ4n) is 2.41. The number of aryl methyl sites for hydroxylation is 1. The average Bonchev–Trinajstić information content (AvgIpc) is 2.78. The number of aromatic nitrogens is 2. The van der Waals surface area contributed by atoms with Crippen molar-refractivity contribution in [1.29, 1.82) is 0 Å². The molecule has 0 radical (unpaired) electrons. The lowest BCUT2D eigenvalue weighted by Gasteiger charge is -2.07. The molecule has 0 aliphatic carbocycles. The maximum atomic E-state index is 6.03. The van der Waals surface area contributed by atoms with Gasteiger partial charge in [-0.25, -0.2) is 4.98 Å². The Morgan fingerprint density at radius 1 is 1.25 bits per heavy atom. The maximum absolute atomic E-state index is 6.03. The summed E-state index contributed by atoms with van der Waals surface area (Å²) in [6, 6.07) is 5.95. The monoisotopic (exact) mass is 293 g/mol. The molecule has 1 aromatic carbocycles. The lowest BCUT2D eigenvalue weighted by atomic mass is 10.2. The number of unbranched alkanes of at least 4 members (excludes halogenated alkanes) is 3. The third-order valence-electron chi connectivity index (χ3n) is 3.47. The minimum atomic E-state index is 0.577. The van der Waals surface area contributed by atoms with Gasteiger partial charge in [0.15, 0.2) is 0 Å². The number of nitrogen functional groups attached to an aromatic ring is 1. The highest BCUT2D eigenvalue weighted by Gasteiger charge is 2.11. The molecule has 0 bridgehead atoms. The zero-order valence-corrected chi connectivity index (χ0v) is 13.1. The number of rotatable bonds is 8. The molecule has 0 amide bonds. The fraction of sp³-hybridized carbons (Fsp3) is 0.533. The van der Waals surface area contributed by atoms with Crippen molar-refractivity contribution in [2.45, 2.75) is 32.2 Å². The molecule has 4 nitrogen and oxygen atoms in total. The molecule has 1 aromatic heterocycles. The molecular weight excluding hydrogens is 270 g/mol. The van der Waals surface area contributed by atoms with Crippen LogP contribution in [0, 0.1) is 0 Å². The largest absolute Gasteiger partial charge is 0.494 e. The van der Waals surface area contributed by atoms with Crippen LogP contribution in [0.2, 0.25) is 0 Å². The van der Waals surface area contributed by atoms with Gasteiger partial charge in [-0.3, -0.25) is 0 Å². The van der Waals surface area contributed by atoms with E-state index in [2.05, 4.69) is 21.9 Å². The van der Waals surface area contributed by atoms with E-state index in [-0.39, 0.29) is 0 Å². The third kappa shape index (κ3) is 3.39. The molecule has 20 heavy (non-hydrogen) atoms. The normalized spacial score (nSPS) is 11.1. The molecule has 0 saturated heterocycles. The maximum Gasteiger partial charge on any atom is 0.201 e. The Morgan fingerprint density at radius 3 is 2.80 bits per heavy atom. The van der Waals surface area contributed by atoms with E-state index in [0.717, 1.165) is 29.7 Å². The minimum Gasteiger partial charge on any atom is -0.494 e. The first-order valence-corrected chi connectivity index (χ1v) is 8.45. The van der Waals surface area contributed by atoms with Gasteiger partial charge in [0.2, 0.25) is 5.95 Å². The van der Waals surface area contributed by atoms with Crippen LogP contribution in [0.25, 0.3) is 11.0 Å². The van der Waals surface area contributed by atoms with Crippen molar-refractivity contribution in [2.24, 2.45) is 0 Å². The van der Waals surface area contributed by atoms with Gasteiger partial charge >= 0.3 is 0 Å². The number of benzene rings is 1. The van der Waals surface area contributed by atoms with Gasteiger partial charge in [0.25, 0.3) is 0 Å². The molecule has 5 heteroatoms. The van der Waals surface area contributed by atoms with E-state index in [4.69, 9.17) is 10.5 Å². The molecule has 2 aromatic rings. The Balaban J connectivity index is 2.01. The van der Waals surface area contributed by atoms with Gasteiger partial charge in [-0.2, -0.15) is 11.8 Å². The fourth-order valence-corrected chi connectivity index (χ4v) is 2.90. The van der Waals surface area contributed by atoms with Crippen molar-refractivity contribution >= 4 is 28.7 Å². The molecule has 0 fully saturated rings. The molecule has 0 atom stereocenters. The predicted octanol–water partition coefficient (Wildman–Crippen LogP) is 3.55. The van der Waals surface area contributed by atoms with Gasteiger partial charge in [-0.1, -0.05) is 18.9 Å². The van der Waals surface area contributed by atoms with E-state index in [1.165, 1.54) is 25.0 Å². The molecule has 0 aliphatic rings. The summed E-state index contributed by atoms with van der Waals surface area (Å²) in [6.07, 6.45) is 7.13. The molecule has 0 saturated carbocycles. The second kappa shape index (κ2) is 7.43. The molecule has 1 heterocycles. The van der Waals surface area contributed by atoms with Crippen molar-refractivity contribution in [3.8, 4) is 5.75 Å². The summed E-state index contributed by atoms with van der Waals surface area (Å²) in [5.41, 5.74) is 7.95. The van der Waals surface area contributed by atoms with E-state index < -0.39 is 0 Å². The Kier molecular flexibility index (Phi) is 5.59. The van der Waals surface area contributed by atoms with Crippen LogP contribution >= 0.6 is 11.8 Å². The topological polar surface area (TPSA) is 53.1 Å². The van der Waals surface area contributed by atoms with E-state index in [0.29, 0.717) is 5.95 Å². The summed E-state index contributed by atoms with van der Waals surface area (Å²) < 4.78 is 7.42. The summed E-state index contributed by atoms with van der Waals surface area (Å²) in [5, 5.41) is 0. The van der Waals surface area contributed by atoms with Gasteiger partial charge < -0.3 is 15.0 Å². The number of nitrogens with zero attached hydrogens (tertiary/aromatic N) is 2. The van der Waals surface area contributed by atoms with Crippen LogP contribution in [-0.2, 0) is 6.54 Å². The smallest absolute Gasteiger partial charge is 0.201 e. The van der Waals surface area contributed by atoms with Crippen molar-refractivity contribution in [2.75, 3.05) is 24.9 Å². The zero-order valence-electron chi connectivity index (χ0n) is 12.3. The van der Waals surface area contributed by atoms with E-state index in [1.807, 2.05) is 23.9 Å². The standard InChI is InChI=1S/C15H23N3OS/c1-19-13-9-7-8-12-14(13)17-15(16)18(12)10-5-3-4-6-11-20-2/h7-9H,3-6,10-11H2,1-2H3,(H2,16,17). The number of imidazole rings is 1. The summed E-state index contributed by atoms with van der Waals surface area (Å²) in [4.78, 5) is 4.42. The second-order valence-corrected chi connectivity index (χ2v) is 5.84. The summed E-state index contributed by atoms with van der Waals surface area (Å²) in [5.74, 6) is 2.62. The second-order valence-electron chi connectivity index (χ2n) is 4.86. The Bertz CT molecular complexity index is 553. The highest BCUT2D eigenvalue weighted by molar-refractivity contribution is 7.98. The lowest BCUT2D eigenvalue weighted by molar-refractivity contribution is 0.419. The molecule has 0 spiro atoms. The highest BCUT2D eigenvalue weighted by Crippen LogP contribution is 2.27. The number of ether oxygens (including phenoxy) is 1. The van der Waals surface area contributed by atoms with Gasteiger partial charge in [-0.15, -0.1) is 0 Å². The Labute approximate surface area is 124 Å². The first kappa shape index (κ1) is 15.0. The number of hydrogen-bond donors (Lipinski definition) is 1. The lowest BCUT2D eigenvalue weighted by Crippen LogP contribution is -2.03. The molecule has 110 valence electrons. The number of nitrogens with two attached hydrogens (primary N) is 1. The molecular formula is C15H23N3OS. The van der Waals surface area contributed by atoms with E-state index in [9.17, 15) is 0 Å². The van der Waals surface area contributed by atoms with Gasteiger partial charge in [-0.05, 0) is 37.0 Å². The molecule has 0 unspecified atom stereocenters. The average molecular weight is 293 g/mol. The number of anilines is 1. The van der Waals surface area contributed by atoms with Crippen LogP contribution in [0.1, 0.15) is 25.7 Å². The van der Waals surface area contributed by atoms with Crippen LogP contribution in [-0.4, -0.2) is 28.7 Å². The van der Waals surface area contributed by atoms with Crippen LogP contribution < -0.4 is 10.5 Å². The van der Waals surface area contributed by atoms with Gasteiger partial charge in [0, 0.05) is 6.54 Å². The summed E-state index contributed by atoms with van der Waals surface area (Å²) in [7, 11) is 1.66. The van der Waals surface area contributed by atoms with Gasteiger partial charge in [0.1, 0.15) is 11.3 Å². The van der Waals surface area contributed by atoms with Crippen LogP contribution in [0.3, 0.4) is 0 Å². The quantitative estimate of drug-likeness (QED) is 0.756. The third-order valence-corrected chi connectivity index (χ3v) is 4.17. The predicted molar refractivity (Wildman–Crippen MR) is 87.5 cm³/mol. The number of methoxy groups -OCH3 is 1. The van der Waals surface area contributed by atoms with Crippen LogP contribution in [0.5, 0.6) is 5.75 Å². The van der Waals surface area contributed by atoms with Gasteiger partial charge in [0.05, 0.1) is 12.6 Å². The van der Waals surface area contributed by atoms with Crippen molar-refractivity contribution < 1.29 is 4.74 Å². The highest BCUT2D eigenvalue weighted by atomic mass is 32.2. The molecule has 0 aliphatic heterocycles. The van der Waals surface area contributed by atoms with E-state index in [1.54, 1.807) is 7.11 Å². The minimum absolute atomic E-state index is 0.577. The number of hydrogen-bond acceptors (Lipinski definition) is 4. The summed E-state index contributed by atoms with van der Waals surface area (Å²) in [6.45, 7) is 0.925. The van der Waals surface area contributed by atoms with Crippen molar-refractivity contribution in [3.05, 3.63) is 18.2 Å². The number of fused-ring (bicyclic) bond motifs is 1. The zero-order chi connectivity index (χ0) is 14.4. The summed E-state index contributed by atoms with van der Waals surface area (Å²) >= 11 is 1.92. The Morgan fingerprint density at radius 2 is 2.05 bits per heavy atom. The molecule has 2 rings (SSSR count). The van der Waals surface area contributed by atoms with Crippen molar-refractivity contribution in [1.82, 2.24) is 9.55 Å². The Hall–Kier alpha value is -1.36. The van der Waals surface area contributed by atoms with Crippen molar-refractivity contribution in [3.63, 3.8) is 0 Å². The number of thioether (sulfide) groups is 1. The number of para-hydroxylation sites is 1. The first-order valence-electron chi connectivity index (χ1n) is 7.05. The first-order chi connectivity index (χ1) is 9.77.